The van der Waals surface area contributed by atoms with Gasteiger partial charge in [-0.2, -0.15) is 0 Å². The molecule has 3 rings (SSSR count). The van der Waals surface area contributed by atoms with Gasteiger partial charge in [0.2, 0.25) is 0 Å². The Morgan fingerprint density at radius 3 is 2.74 bits per heavy atom. The fourth-order valence-corrected chi connectivity index (χ4v) is 2.89. The maximum absolute atomic E-state index is 8.85. The number of aryl methyl sites for hydroxylation is 1. The van der Waals surface area contributed by atoms with E-state index in [1.165, 1.54) is 11.1 Å². The molecule has 0 unspecified atom stereocenters. The monoisotopic (exact) mass is 250 g/mol. The zero-order valence-corrected chi connectivity index (χ0v) is 10.5. The van der Waals surface area contributed by atoms with Crippen molar-refractivity contribution in [3.8, 4) is 0 Å². The SMILES string of the molecule is [N-]=[N+]=N[C@H]1c2ccccc2CC[C@@H]1c1ccncc1. The highest BCUT2D eigenvalue weighted by Crippen LogP contribution is 2.43. The van der Waals surface area contributed by atoms with Crippen LogP contribution in [0.5, 0.6) is 0 Å². The van der Waals surface area contributed by atoms with Crippen molar-refractivity contribution in [2.24, 2.45) is 5.11 Å². The zero-order chi connectivity index (χ0) is 13.1. The average Bonchev–Trinajstić information content (AvgIpc) is 2.49. The lowest BCUT2D eigenvalue weighted by Crippen LogP contribution is -2.17. The molecule has 2 atom stereocenters. The molecule has 0 spiro atoms. The van der Waals surface area contributed by atoms with Gasteiger partial charge in [-0.15, -0.1) is 0 Å². The summed E-state index contributed by atoms with van der Waals surface area (Å²) in [6, 6.07) is 12.2. The first-order chi connectivity index (χ1) is 9.40. The first-order valence-corrected chi connectivity index (χ1v) is 6.42. The molecule has 1 aromatic carbocycles. The van der Waals surface area contributed by atoms with Crippen LogP contribution in [0.15, 0.2) is 53.9 Å². The van der Waals surface area contributed by atoms with Gasteiger partial charge in [0, 0.05) is 17.3 Å². The molecule has 1 aromatic heterocycles. The number of benzene rings is 1. The van der Waals surface area contributed by atoms with E-state index in [2.05, 4.69) is 27.1 Å². The fraction of sp³-hybridized carbons (Fsp3) is 0.267. The molecule has 19 heavy (non-hydrogen) atoms. The van der Waals surface area contributed by atoms with Gasteiger partial charge in [0.15, 0.2) is 0 Å². The molecule has 1 heterocycles. The van der Waals surface area contributed by atoms with Gasteiger partial charge in [-0.25, -0.2) is 0 Å². The molecule has 94 valence electrons. The van der Waals surface area contributed by atoms with E-state index in [1.54, 1.807) is 12.4 Å². The van der Waals surface area contributed by atoms with Gasteiger partial charge in [0.25, 0.3) is 0 Å². The molecule has 1 aliphatic rings. The summed E-state index contributed by atoms with van der Waals surface area (Å²) in [5, 5.41) is 4.04. The minimum Gasteiger partial charge on any atom is -0.265 e. The van der Waals surface area contributed by atoms with Crippen LogP contribution in [0.2, 0.25) is 0 Å². The second-order valence-corrected chi connectivity index (χ2v) is 4.77. The summed E-state index contributed by atoms with van der Waals surface area (Å²) in [6.07, 6.45) is 5.62. The molecule has 0 saturated carbocycles. The third kappa shape index (κ3) is 2.18. The summed E-state index contributed by atoms with van der Waals surface area (Å²) in [5.41, 5.74) is 12.5. The Hall–Kier alpha value is -2.32. The molecule has 4 heteroatoms. The van der Waals surface area contributed by atoms with E-state index in [0.29, 0.717) is 0 Å². The van der Waals surface area contributed by atoms with Crippen molar-refractivity contribution in [3.63, 3.8) is 0 Å². The van der Waals surface area contributed by atoms with Crippen molar-refractivity contribution in [1.82, 2.24) is 4.98 Å². The minimum atomic E-state index is -0.114. The predicted octanol–water partition coefficient (Wildman–Crippen LogP) is 4.16. The molecular formula is C15H14N4. The number of hydrogen-bond donors (Lipinski definition) is 0. The van der Waals surface area contributed by atoms with E-state index >= 15 is 0 Å². The first kappa shape index (κ1) is 11.8. The lowest BCUT2D eigenvalue weighted by molar-refractivity contribution is 0.484. The van der Waals surface area contributed by atoms with Gasteiger partial charge in [0.05, 0.1) is 6.04 Å². The van der Waals surface area contributed by atoms with Crippen LogP contribution in [0.3, 0.4) is 0 Å². The second-order valence-electron chi connectivity index (χ2n) is 4.77. The zero-order valence-electron chi connectivity index (χ0n) is 10.5. The summed E-state index contributed by atoms with van der Waals surface area (Å²) in [6.45, 7) is 0. The quantitative estimate of drug-likeness (QED) is 0.448. The van der Waals surface area contributed by atoms with Crippen LogP contribution < -0.4 is 0 Å². The van der Waals surface area contributed by atoms with E-state index in [9.17, 15) is 0 Å². The lowest BCUT2D eigenvalue weighted by atomic mass is 9.77. The van der Waals surface area contributed by atoms with Crippen LogP contribution in [-0.2, 0) is 6.42 Å². The smallest absolute Gasteiger partial charge is 0.0696 e. The maximum atomic E-state index is 8.85. The standard InChI is InChI=1S/C15H14N4/c16-19-18-15-13-4-2-1-3-11(13)5-6-14(15)12-7-9-17-10-8-12/h1-4,7-10,14-15H,5-6H2/t14-,15+/m1/s1. The van der Waals surface area contributed by atoms with Gasteiger partial charge in [-0.1, -0.05) is 29.4 Å². The van der Waals surface area contributed by atoms with Gasteiger partial charge in [0.1, 0.15) is 0 Å². The van der Waals surface area contributed by atoms with Crippen molar-refractivity contribution in [2.45, 2.75) is 24.8 Å². The van der Waals surface area contributed by atoms with Crippen LogP contribution in [0.1, 0.15) is 35.1 Å². The van der Waals surface area contributed by atoms with Crippen molar-refractivity contribution < 1.29 is 0 Å². The number of rotatable bonds is 2. The topological polar surface area (TPSA) is 61.7 Å². The molecule has 4 nitrogen and oxygen atoms in total. The highest BCUT2D eigenvalue weighted by Gasteiger charge is 2.29. The van der Waals surface area contributed by atoms with E-state index in [-0.39, 0.29) is 12.0 Å². The van der Waals surface area contributed by atoms with Gasteiger partial charge < -0.3 is 0 Å². The second kappa shape index (κ2) is 5.12. The largest absolute Gasteiger partial charge is 0.265 e. The van der Waals surface area contributed by atoms with Gasteiger partial charge in [-0.05, 0) is 53.1 Å². The molecule has 0 saturated heterocycles. The molecule has 0 aliphatic heterocycles. The van der Waals surface area contributed by atoms with Crippen molar-refractivity contribution in [2.75, 3.05) is 0 Å². The fourth-order valence-electron chi connectivity index (χ4n) is 2.89. The minimum absolute atomic E-state index is 0.114. The molecule has 0 fully saturated rings. The summed E-state index contributed by atoms with van der Waals surface area (Å²) >= 11 is 0. The molecule has 0 radical (unpaired) electrons. The maximum Gasteiger partial charge on any atom is 0.0696 e. The Balaban J connectivity index is 2.06. The number of pyridine rings is 1. The van der Waals surface area contributed by atoms with Crippen molar-refractivity contribution in [3.05, 3.63) is 75.9 Å². The normalized spacial score (nSPS) is 21.3. The van der Waals surface area contributed by atoms with Gasteiger partial charge in [-0.3, -0.25) is 4.98 Å². The third-order valence-corrected chi connectivity index (χ3v) is 3.79. The predicted molar refractivity (Wildman–Crippen MR) is 73.6 cm³/mol. The van der Waals surface area contributed by atoms with Crippen LogP contribution in [0.25, 0.3) is 10.4 Å². The van der Waals surface area contributed by atoms with Crippen molar-refractivity contribution in [1.29, 1.82) is 0 Å². The highest BCUT2D eigenvalue weighted by atomic mass is 15.2. The summed E-state index contributed by atoms with van der Waals surface area (Å²) < 4.78 is 0. The number of nitrogens with zero attached hydrogens (tertiary/aromatic N) is 4. The Labute approximate surface area is 111 Å². The average molecular weight is 250 g/mol. The Morgan fingerprint density at radius 1 is 1.16 bits per heavy atom. The number of fused-ring (bicyclic) bond motifs is 1. The first-order valence-electron chi connectivity index (χ1n) is 6.42. The van der Waals surface area contributed by atoms with E-state index in [0.717, 1.165) is 18.4 Å². The van der Waals surface area contributed by atoms with Crippen LogP contribution in [0.4, 0.5) is 0 Å². The molecular weight excluding hydrogens is 236 g/mol. The van der Waals surface area contributed by atoms with Gasteiger partial charge >= 0.3 is 0 Å². The molecule has 0 N–H and O–H groups in total. The number of azide groups is 1. The highest BCUT2D eigenvalue weighted by molar-refractivity contribution is 5.37. The third-order valence-electron chi connectivity index (χ3n) is 3.79. The summed E-state index contributed by atoms with van der Waals surface area (Å²) in [7, 11) is 0. The number of hydrogen-bond acceptors (Lipinski definition) is 2. The van der Waals surface area contributed by atoms with Crippen LogP contribution in [0, 0.1) is 0 Å². The van der Waals surface area contributed by atoms with Crippen molar-refractivity contribution >= 4 is 0 Å². The lowest BCUT2D eigenvalue weighted by Gasteiger charge is -2.30. The Kier molecular flexibility index (Phi) is 3.17. The van der Waals surface area contributed by atoms with Crippen LogP contribution >= 0.6 is 0 Å². The summed E-state index contributed by atoms with van der Waals surface area (Å²) in [5.74, 6) is 0.244. The molecule has 0 amide bonds. The molecule has 2 aromatic rings. The number of aromatic nitrogens is 1. The summed E-state index contributed by atoms with van der Waals surface area (Å²) in [4.78, 5) is 7.10. The van der Waals surface area contributed by atoms with E-state index in [1.807, 2.05) is 24.3 Å². The Morgan fingerprint density at radius 2 is 1.95 bits per heavy atom. The molecule has 1 aliphatic carbocycles. The molecule has 0 bridgehead atoms. The van der Waals surface area contributed by atoms with E-state index < -0.39 is 0 Å². The van der Waals surface area contributed by atoms with Crippen LogP contribution in [-0.4, -0.2) is 4.98 Å². The van der Waals surface area contributed by atoms with E-state index in [4.69, 9.17) is 5.53 Å². The Bertz CT molecular complexity index is 617.